The van der Waals surface area contributed by atoms with Crippen molar-refractivity contribution in [2.24, 2.45) is 0 Å². The zero-order valence-corrected chi connectivity index (χ0v) is 19.7. The molecule has 0 bridgehead atoms. The van der Waals surface area contributed by atoms with Crippen LogP contribution in [0.3, 0.4) is 0 Å². The highest BCUT2D eigenvalue weighted by Crippen LogP contribution is 2.49. The molecular weight excluding hydrogens is 438 g/mol. The van der Waals surface area contributed by atoms with E-state index in [0.717, 1.165) is 16.7 Å². The summed E-state index contributed by atoms with van der Waals surface area (Å²) in [6.07, 6.45) is 0. The first-order valence-corrected chi connectivity index (χ1v) is 11.7. The van der Waals surface area contributed by atoms with E-state index < -0.39 is 0 Å². The number of rotatable bonds is 3. The van der Waals surface area contributed by atoms with Gasteiger partial charge in [0.25, 0.3) is 0 Å². The summed E-state index contributed by atoms with van der Waals surface area (Å²) in [7, 11) is 0. The Morgan fingerprint density at radius 1 is 0.529 bits per heavy atom. The fourth-order valence-corrected chi connectivity index (χ4v) is 5.08. The van der Waals surface area contributed by atoms with Crippen molar-refractivity contribution in [3.05, 3.63) is 113 Å². The molecule has 1 heterocycles. The Balaban J connectivity index is 1.42. The first-order valence-electron chi connectivity index (χ1n) is 11.3. The summed E-state index contributed by atoms with van der Waals surface area (Å²) in [5.74, 6) is 1.13. The van der Waals surface area contributed by atoms with Crippen LogP contribution in [-0.4, -0.2) is 15.0 Å². The van der Waals surface area contributed by atoms with Gasteiger partial charge in [0.15, 0.2) is 11.6 Å². The third-order valence-electron chi connectivity index (χ3n) is 6.68. The van der Waals surface area contributed by atoms with Gasteiger partial charge in [-0.05, 0) is 57.1 Å². The number of hydrogen-bond donors (Lipinski definition) is 0. The molecule has 34 heavy (non-hydrogen) atoms. The van der Waals surface area contributed by atoms with Crippen LogP contribution in [0.1, 0.15) is 25.0 Å². The van der Waals surface area contributed by atoms with Gasteiger partial charge in [-0.3, -0.25) is 0 Å². The molecule has 0 atom stereocenters. The van der Waals surface area contributed by atoms with Crippen molar-refractivity contribution >= 4 is 11.6 Å². The second-order valence-corrected chi connectivity index (χ2v) is 9.47. The van der Waals surface area contributed by atoms with Gasteiger partial charge in [0, 0.05) is 16.5 Å². The molecule has 4 aromatic carbocycles. The summed E-state index contributed by atoms with van der Waals surface area (Å²) in [6.45, 7) is 4.60. The van der Waals surface area contributed by atoms with E-state index in [9.17, 15) is 0 Å². The monoisotopic (exact) mass is 459 g/mol. The second-order valence-electron chi connectivity index (χ2n) is 9.13. The van der Waals surface area contributed by atoms with Crippen molar-refractivity contribution < 1.29 is 0 Å². The topological polar surface area (TPSA) is 38.7 Å². The van der Waals surface area contributed by atoms with E-state index in [0.29, 0.717) is 11.6 Å². The lowest BCUT2D eigenvalue weighted by Gasteiger charge is -2.22. The molecule has 0 N–H and O–H groups in total. The summed E-state index contributed by atoms with van der Waals surface area (Å²) in [4.78, 5) is 13.5. The number of nitrogens with zero attached hydrogens (tertiary/aromatic N) is 3. The molecule has 1 aromatic heterocycles. The highest BCUT2D eigenvalue weighted by molar-refractivity contribution is 6.28. The van der Waals surface area contributed by atoms with Gasteiger partial charge in [-0.1, -0.05) is 98.8 Å². The highest BCUT2D eigenvalue weighted by atomic mass is 35.5. The van der Waals surface area contributed by atoms with Crippen molar-refractivity contribution in [3.63, 3.8) is 0 Å². The molecular formula is C30H22ClN3. The molecule has 4 heteroatoms. The van der Waals surface area contributed by atoms with Crippen LogP contribution in [0.4, 0.5) is 0 Å². The van der Waals surface area contributed by atoms with Crippen LogP contribution in [0.5, 0.6) is 0 Å². The zero-order chi connectivity index (χ0) is 23.3. The van der Waals surface area contributed by atoms with Crippen LogP contribution in [-0.2, 0) is 5.41 Å². The number of aromatic nitrogens is 3. The van der Waals surface area contributed by atoms with Crippen LogP contribution < -0.4 is 0 Å². The third kappa shape index (κ3) is 3.41. The van der Waals surface area contributed by atoms with Gasteiger partial charge >= 0.3 is 0 Å². The van der Waals surface area contributed by atoms with Gasteiger partial charge < -0.3 is 0 Å². The minimum absolute atomic E-state index is 0.0358. The van der Waals surface area contributed by atoms with E-state index in [1.54, 1.807) is 0 Å². The van der Waals surface area contributed by atoms with Crippen LogP contribution >= 0.6 is 11.6 Å². The van der Waals surface area contributed by atoms with Crippen LogP contribution in [0.25, 0.3) is 45.0 Å². The van der Waals surface area contributed by atoms with Gasteiger partial charge in [-0.15, -0.1) is 0 Å². The first-order chi connectivity index (χ1) is 16.5. The van der Waals surface area contributed by atoms with Gasteiger partial charge in [-0.2, -0.15) is 9.97 Å². The largest absolute Gasteiger partial charge is 0.226 e. The van der Waals surface area contributed by atoms with E-state index in [4.69, 9.17) is 16.6 Å². The highest BCUT2D eigenvalue weighted by Gasteiger charge is 2.35. The molecule has 0 radical (unpaired) electrons. The molecule has 3 nitrogen and oxygen atoms in total. The van der Waals surface area contributed by atoms with E-state index >= 15 is 0 Å². The Hall–Kier alpha value is -3.82. The average molecular weight is 460 g/mol. The number of halogens is 1. The zero-order valence-electron chi connectivity index (χ0n) is 19.0. The predicted molar refractivity (Wildman–Crippen MR) is 139 cm³/mol. The van der Waals surface area contributed by atoms with Gasteiger partial charge in [0.05, 0.1) is 0 Å². The van der Waals surface area contributed by atoms with Crippen molar-refractivity contribution in [1.82, 2.24) is 15.0 Å². The van der Waals surface area contributed by atoms with Gasteiger partial charge in [-0.25, -0.2) is 4.98 Å². The minimum atomic E-state index is -0.0358. The standard InChI is InChI=1S/C30H22ClN3/c1-30(2)25-14-7-6-13-23(25)24-16-15-21(18-26(24)30)20-11-8-12-22(17-20)28-32-27(33-29(31)34-28)19-9-4-3-5-10-19/h3-18H,1-2H3. The minimum Gasteiger partial charge on any atom is -0.208 e. The van der Waals surface area contributed by atoms with Gasteiger partial charge in [0.1, 0.15) is 0 Å². The van der Waals surface area contributed by atoms with E-state index in [1.807, 2.05) is 42.5 Å². The van der Waals surface area contributed by atoms with Crippen molar-refractivity contribution in [3.8, 4) is 45.0 Å². The Kier molecular flexibility index (Phi) is 4.82. The lowest BCUT2D eigenvalue weighted by atomic mass is 9.81. The number of fused-ring (bicyclic) bond motifs is 3. The molecule has 6 rings (SSSR count). The number of benzene rings is 4. The van der Waals surface area contributed by atoms with E-state index in [1.165, 1.54) is 27.8 Å². The second kappa shape index (κ2) is 7.89. The van der Waals surface area contributed by atoms with Crippen LogP contribution in [0.2, 0.25) is 5.28 Å². The molecule has 0 saturated heterocycles. The fourth-order valence-electron chi connectivity index (χ4n) is 4.92. The van der Waals surface area contributed by atoms with Crippen molar-refractivity contribution in [2.75, 3.05) is 0 Å². The van der Waals surface area contributed by atoms with Crippen molar-refractivity contribution in [2.45, 2.75) is 19.3 Å². The molecule has 0 saturated carbocycles. The maximum Gasteiger partial charge on any atom is 0.226 e. The molecule has 1 aliphatic carbocycles. The molecule has 0 spiro atoms. The maximum absolute atomic E-state index is 6.28. The Morgan fingerprint density at radius 2 is 1.15 bits per heavy atom. The summed E-state index contributed by atoms with van der Waals surface area (Å²) < 4.78 is 0. The van der Waals surface area contributed by atoms with E-state index in [-0.39, 0.29) is 10.7 Å². The average Bonchev–Trinajstić information content (AvgIpc) is 3.11. The lowest BCUT2D eigenvalue weighted by Crippen LogP contribution is -2.14. The lowest BCUT2D eigenvalue weighted by molar-refractivity contribution is 0.660. The van der Waals surface area contributed by atoms with E-state index in [2.05, 4.69) is 78.4 Å². The van der Waals surface area contributed by atoms with Crippen molar-refractivity contribution in [1.29, 1.82) is 0 Å². The molecule has 0 unspecified atom stereocenters. The van der Waals surface area contributed by atoms with Crippen LogP contribution in [0, 0.1) is 0 Å². The summed E-state index contributed by atoms with van der Waals surface area (Å²) in [5.41, 5.74) is 9.44. The maximum atomic E-state index is 6.28. The Bertz CT molecular complexity index is 1540. The first kappa shape index (κ1) is 20.8. The smallest absolute Gasteiger partial charge is 0.208 e. The predicted octanol–water partition coefficient (Wildman–Crippen LogP) is 7.83. The van der Waals surface area contributed by atoms with Gasteiger partial charge in [0.2, 0.25) is 5.28 Å². The molecule has 0 fully saturated rings. The molecule has 164 valence electrons. The molecule has 0 amide bonds. The normalized spacial score (nSPS) is 13.4. The SMILES string of the molecule is CC1(C)c2ccccc2-c2ccc(-c3cccc(-c4nc(Cl)nc(-c5ccccc5)n4)c3)cc21. The van der Waals surface area contributed by atoms with Crippen LogP contribution in [0.15, 0.2) is 97.1 Å². The summed E-state index contributed by atoms with van der Waals surface area (Å²) in [5, 5.41) is 0.186. The molecule has 0 aliphatic heterocycles. The summed E-state index contributed by atoms with van der Waals surface area (Å²) in [6, 6.07) is 33.6. The third-order valence-corrected chi connectivity index (χ3v) is 6.85. The Morgan fingerprint density at radius 3 is 1.97 bits per heavy atom. The molecule has 5 aromatic rings. The Labute approximate surface area is 204 Å². The number of hydrogen-bond acceptors (Lipinski definition) is 3. The molecule has 1 aliphatic rings. The fraction of sp³-hybridized carbons (Fsp3) is 0.100. The quantitative estimate of drug-likeness (QED) is 0.276. The summed E-state index contributed by atoms with van der Waals surface area (Å²) >= 11 is 6.28.